The molecule has 460 valence electrons. The summed E-state index contributed by atoms with van der Waals surface area (Å²) in [6.07, 6.45) is 9.95. The van der Waals surface area contributed by atoms with Crippen LogP contribution >= 0.6 is 34.8 Å². The van der Waals surface area contributed by atoms with E-state index in [2.05, 4.69) is 71.8 Å². The zero-order valence-electron chi connectivity index (χ0n) is 49.3. The van der Waals surface area contributed by atoms with Crippen molar-refractivity contribution < 1.29 is 24.5 Å². The third kappa shape index (κ3) is 23.2. The summed E-state index contributed by atoms with van der Waals surface area (Å²) >= 11 is 16.6. The van der Waals surface area contributed by atoms with Crippen molar-refractivity contribution in [3.63, 3.8) is 0 Å². The van der Waals surface area contributed by atoms with Gasteiger partial charge in [-0.3, -0.25) is 0 Å². The van der Waals surface area contributed by atoms with Gasteiger partial charge in [0.25, 0.3) is 0 Å². The molecule has 4 atom stereocenters. The zero-order chi connectivity index (χ0) is 62.0. The Kier molecular flexibility index (Phi) is 26.4. The van der Waals surface area contributed by atoms with Gasteiger partial charge in [-0.15, -0.1) is 0 Å². The van der Waals surface area contributed by atoms with Crippen LogP contribution in [0.5, 0.6) is 23.0 Å². The van der Waals surface area contributed by atoms with Gasteiger partial charge in [-0.1, -0.05) is 71.2 Å². The van der Waals surface area contributed by atoms with E-state index in [-0.39, 0.29) is 26.2 Å². The summed E-state index contributed by atoms with van der Waals surface area (Å²) in [5, 5.41) is 49.4. The minimum atomic E-state index is -0.418. The van der Waals surface area contributed by atoms with E-state index in [0.717, 1.165) is 136 Å². The Labute approximate surface area is 530 Å². The molecule has 4 aliphatic heterocycles. The molecule has 88 heavy (non-hydrogen) atoms. The first kappa shape index (κ1) is 66.5. The van der Waals surface area contributed by atoms with Gasteiger partial charge in [-0.25, -0.2) is 39.9 Å². The van der Waals surface area contributed by atoms with Crippen molar-refractivity contribution in [1.82, 2.24) is 59.6 Å². The van der Waals surface area contributed by atoms with Crippen molar-refractivity contribution in [2.75, 3.05) is 78.9 Å². The average Bonchev–Trinajstić information content (AvgIpc) is 4.53. The number of para-hydroxylation sites is 2. The molecule has 8 heterocycles. The maximum atomic E-state index is 9.70. The number of nitrogens with one attached hydrogen (secondary N) is 6. The second-order valence-electron chi connectivity index (χ2n) is 21.1. The lowest BCUT2D eigenvalue weighted by molar-refractivity contribution is 0.420. The van der Waals surface area contributed by atoms with Crippen molar-refractivity contribution >= 4 is 96.4 Å². The first-order valence-corrected chi connectivity index (χ1v) is 30.2. The molecular formula is C59H74B3Cl3N18O5. The van der Waals surface area contributed by atoms with Crippen molar-refractivity contribution in [2.45, 2.75) is 70.3 Å². The predicted molar refractivity (Wildman–Crippen MR) is 353 cm³/mol. The molecule has 4 unspecified atom stereocenters. The van der Waals surface area contributed by atoms with Gasteiger partial charge in [-0.05, 0) is 145 Å². The lowest BCUT2D eigenvalue weighted by atomic mass is 9.86. The van der Waals surface area contributed by atoms with E-state index in [4.69, 9.17) is 55.0 Å². The molecule has 0 bridgehead atoms. The fourth-order valence-electron chi connectivity index (χ4n) is 9.54. The van der Waals surface area contributed by atoms with Gasteiger partial charge < -0.3 is 76.6 Å². The number of ether oxygens (including phenoxy) is 2. The molecule has 4 fully saturated rings. The lowest BCUT2D eigenvalue weighted by Crippen LogP contribution is -2.36. The second-order valence-corrected chi connectivity index (χ2v) is 22.3. The summed E-state index contributed by atoms with van der Waals surface area (Å²) in [6.45, 7) is 12.5. The molecule has 0 spiro atoms. The van der Waals surface area contributed by atoms with Crippen molar-refractivity contribution in [3.8, 4) is 23.0 Å². The SMILES string of the molecule is CB(O)N1CCC(N)C1.CB(O)N1CCC(Nc2cc(Cl)ncn2)C1.CB(O)N1CCC(Nc2cc(Nc3ccc(Oc4ccccc4)cc3)ncn2)C1.Clc1cc(Cl)ncn1.c1ccc(Oc2ccc(Nc3cc(NC4CCNC4)ncn3)cc2)cc1. The smallest absolute Gasteiger partial charge is 0.376 e. The second kappa shape index (κ2) is 34.9. The molecular weight excluding hydrogens is 1180 g/mol. The first-order valence-electron chi connectivity index (χ1n) is 29.1. The summed E-state index contributed by atoms with van der Waals surface area (Å²) in [4.78, 5) is 38.4. The van der Waals surface area contributed by atoms with Gasteiger partial charge in [0.2, 0.25) is 0 Å². The maximum Gasteiger partial charge on any atom is 0.376 e. The van der Waals surface area contributed by atoms with Gasteiger partial charge in [0.05, 0.1) is 0 Å². The molecule has 0 aliphatic carbocycles. The topological polar surface area (TPSA) is 290 Å². The van der Waals surface area contributed by atoms with Crippen LogP contribution in [0, 0.1) is 0 Å². The van der Waals surface area contributed by atoms with Crippen LogP contribution in [0.3, 0.4) is 0 Å². The maximum absolute atomic E-state index is 9.70. The van der Waals surface area contributed by atoms with Crippen LogP contribution in [0.1, 0.15) is 25.7 Å². The molecule has 0 radical (unpaired) electrons. The molecule has 8 aromatic rings. The summed E-state index contributed by atoms with van der Waals surface area (Å²) in [7, 11) is -1.13. The van der Waals surface area contributed by atoms with Crippen LogP contribution in [-0.4, -0.2) is 167 Å². The predicted octanol–water partition coefficient (Wildman–Crippen LogP) is 9.03. The van der Waals surface area contributed by atoms with E-state index < -0.39 is 7.05 Å². The van der Waals surface area contributed by atoms with Crippen molar-refractivity contribution in [3.05, 3.63) is 174 Å². The summed E-state index contributed by atoms with van der Waals surface area (Å²) in [5.41, 5.74) is 7.47. The van der Waals surface area contributed by atoms with Gasteiger partial charge in [0, 0.05) is 86.0 Å². The Bertz CT molecular complexity index is 3290. The number of halogens is 3. The molecule has 4 aliphatic rings. The Morgan fingerprint density at radius 2 is 0.830 bits per heavy atom. The number of nitrogens with zero attached hydrogens (tertiary/aromatic N) is 11. The van der Waals surface area contributed by atoms with Crippen LogP contribution in [0.4, 0.5) is 40.5 Å². The Hall–Kier alpha value is -7.46. The third-order valence-corrected chi connectivity index (χ3v) is 14.8. The molecule has 4 aromatic carbocycles. The van der Waals surface area contributed by atoms with E-state index >= 15 is 0 Å². The monoisotopic (exact) mass is 1250 g/mol. The molecule has 0 amide bonds. The van der Waals surface area contributed by atoms with Crippen molar-refractivity contribution in [1.29, 1.82) is 0 Å². The van der Waals surface area contributed by atoms with Crippen LogP contribution in [0.25, 0.3) is 0 Å². The number of nitrogens with two attached hydrogens (primary N) is 1. The normalized spacial score (nSPS) is 17.8. The highest BCUT2D eigenvalue weighted by atomic mass is 35.5. The number of hydrogen-bond acceptors (Lipinski definition) is 23. The number of rotatable bonds is 17. The standard InChI is InChI=1S/C21H24BN5O2.C20H21N5O.C9H14BClN4O.C5H13BN2O.C4H2Cl2N2/c1-22(28)27-12-11-17(14-27)26-21-13-20(23-15-24-21)25-16-7-9-19(10-8-16)29-18-5-3-2-4-6-18;1-2-4-17(5-3-1)26-18-8-6-15(7-9-18)24-19-12-20(23-14-22-19)25-16-10-11-21-13-16;1-10(16)15-3-2-7(5-15)14-9-4-8(11)12-6-13-9;1-6(9)8-3-2-5(7)4-8;5-3-1-4(6)8-2-7-3/h2-10,13,15,17,28H,11-12,14H2,1H3,(H2,23,24,25,26);1-9,12,14,16,21H,10-11,13H2,(H2,22,23,24,25);4,6-7,16H,2-3,5H2,1H3,(H,12,13,14);5,9H,2-4,7H2,1H3;1-2H. The third-order valence-electron chi connectivity index (χ3n) is 14.2. The fourth-order valence-corrected chi connectivity index (χ4v) is 10.0. The van der Waals surface area contributed by atoms with Gasteiger partial charge in [-0.2, -0.15) is 0 Å². The zero-order valence-corrected chi connectivity index (χ0v) is 51.6. The van der Waals surface area contributed by atoms with Crippen LogP contribution in [-0.2, 0) is 0 Å². The molecule has 4 saturated heterocycles. The van der Waals surface area contributed by atoms with Crippen LogP contribution in [0.2, 0.25) is 35.9 Å². The quantitative estimate of drug-likeness (QED) is 0.0300. The number of hydrogen-bond donors (Lipinski definition) is 10. The molecule has 11 N–H and O–H groups in total. The Morgan fingerprint density at radius 1 is 0.455 bits per heavy atom. The molecule has 0 saturated carbocycles. The first-order chi connectivity index (χ1) is 42.6. The summed E-state index contributed by atoms with van der Waals surface area (Å²) in [6, 6.07) is 43.2. The highest BCUT2D eigenvalue weighted by Gasteiger charge is 2.29. The summed E-state index contributed by atoms with van der Waals surface area (Å²) in [5.74, 6) is 6.99. The van der Waals surface area contributed by atoms with E-state index in [1.54, 1.807) is 39.2 Å². The van der Waals surface area contributed by atoms with Crippen molar-refractivity contribution in [2.24, 2.45) is 5.73 Å². The largest absolute Gasteiger partial charge is 0.457 e. The number of aromatic nitrogens is 8. The van der Waals surface area contributed by atoms with Crippen LogP contribution < -0.4 is 47.1 Å². The minimum Gasteiger partial charge on any atom is -0.457 e. The molecule has 29 heteroatoms. The molecule has 12 rings (SSSR count). The van der Waals surface area contributed by atoms with E-state index in [9.17, 15) is 10.0 Å². The van der Waals surface area contributed by atoms with Crippen LogP contribution in [0.15, 0.2) is 159 Å². The fraction of sp³-hybridized carbons (Fsp3) is 0.322. The highest BCUT2D eigenvalue weighted by Crippen LogP contribution is 2.27. The van der Waals surface area contributed by atoms with E-state index in [0.29, 0.717) is 33.4 Å². The molecule has 23 nitrogen and oxygen atoms in total. The lowest BCUT2D eigenvalue weighted by Gasteiger charge is -2.17. The van der Waals surface area contributed by atoms with E-state index in [1.165, 1.54) is 18.7 Å². The molecule has 4 aromatic heterocycles. The Morgan fingerprint density at radius 3 is 1.19 bits per heavy atom. The van der Waals surface area contributed by atoms with Gasteiger partial charge >= 0.3 is 21.2 Å². The van der Waals surface area contributed by atoms with Gasteiger partial charge in [0.15, 0.2) is 0 Å². The Balaban J connectivity index is 0.000000154. The minimum absolute atomic E-state index is 0.266. The van der Waals surface area contributed by atoms with E-state index in [1.807, 2.05) is 136 Å². The summed E-state index contributed by atoms with van der Waals surface area (Å²) < 4.78 is 11.6. The van der Waals surface area contributed by atoms with Gasteiger partial charge in [0.1, 0.15) is 92.9 Å². The highest BCUT2D eigenvalue weighted by molar-refractivity contribution is 6.46. The number of benzene rings is 4. The average molecular weight is 1250 g/mol. The number of anilines is 7.